The SMILES string of the molecule is CCC1CCCCC1Sc1cccc(CNC(C)C)c1. The number of rotatable bonds is 6. The van der Waals surface area contributed by atoms with Crippen LogP contribution in [-0.2, 0) is 6.54 Å². The molecule has 1 saturated carbocycles. The summed E-state index contributed by atoms with van der Waals surface area (Å²) in [5, 5.41) is 4.34. The van der Waals surface area contributed by atoms with Gasteiger partial charge in [0.25, 0.3) is 0 Å². The Labute approximate surface area is 128 Å². The van der Waals surface area contributed by atoms with Gasteiger partial charge in [-0.15, -0.1) is 11.8 Å². The summed E-state index contributed by atoms with van der Waals surface area (Å²) in [6.07, 6.45) is 7.03. The Morgan fingerprint density at radius 2 is 2.05 bits per heavy atom. The third-order valence-electron chi connectivity index (χ3n) is 4.26. The molecule has 0 bridgehead atoms. The van der Waals surface area contributed by atoms with Gasteiger partial charge in [0.15, 0.2) is 0 Å². The first-order valence-electron chi connectivity index (χ1n) is 8.18. The lowest BCUT2D eigenvalue weighted by Crippen LogP contribution is -2.22. The van der Waals surface area contributed by atoms with Crippen LogP contribution in [0.25, 0.3) is 0 Å². The summed E-state index contributed by atoms with van der Waals surface area (Å²) in [4.78, 5) is 1.46. The maximum atomic E-state index is 3.50. The van der Waals surface area contributed by atoms with Crippen LogP contribution in [0.15, 0.2) is 29.2 Å². The normalized spacial score (nSPS) is 23.2. The zero-order valence-corrected chi connectivity index (χ0v) is 14.0. The Kier molecular flexibility index (Phi) is 6.44. The molecule has 2 unspecified atom stereocenters. The second-order valence-electron chi connectivity index (χ2n) is 6.29. The standard InChI is InChI=1S/C18H29NS/c1-4-16-9-5-6-11-18(16)20-17-10-7-8-15(12-17)13-19-14(2)3/h7-8,10,12,14,16,18-19H,4-6,9,11,13H2,1-3H3. The van der Waals surface area contributed by atoms with E-state index in [0.29, 0.717) is 6.04 Å². The van der Waals surface area contributed by atoms with E-state index in [9.17, 15) is 0 Å². The van der Waals surface area contributed by atoms with Crippen LogP contribution >= 0.6 is 11.8 Å². The Hall–Kier alpha value is -0.470. The molecule has 1 N–H and O–H groups in total. The highest BCUT2D eigenvalue weighted by atomic mass is 32.2. The summed E-state index contributed by atoms with van der Waals surface area (Å²) in [6.45, 7) is 7.74. The number of thioether (sulfide) groups is 1. The molecule has 0 aromatic heterocycles. The average molecular weight is 292 g/mol. The lowest BCUT2D eigenvalue weighted by atomic mass is 9.87. The monoisotopic (exact) mass is 291 g/mol. The molecule has 0 amide bonds. The summed E-state index contributed by atoms with van der Waals surface area (Å²) >= 11 is 2.12. The van der Waals surface area contributed by atoms with Gasteiger partial charge in [-0.05, 0) is 36.5 Å². The minimum atomic E-state index is 0.550. The van der Waals surface area contributed by atoms with Gasteiger partial charge >= 0.3 is 0 Å². The van der Waals surface area contributed by atoms with Crippen molar-refractivity contribution >= 4 is 11.8 Å². The third-order valence-corrected chi connectivity index (χ3v) is 5.71. The predicted octanol–water partition coefficient (Wildman–Crippen LogP) is 5.25. The molecule has 112 valence electrons. The molecule has 2 heteroatoms. The molecule has 0 radical (unpaired) electrons. The van der Waals surface area contributed by atoms with E-state index in [4.69, 9.17) is 0 Å². The summed E-state index contributed by atoms with van der Waals surface area (Å²) < 4.78 is 0. The molecule has 0 spiro atoms. The van der Waals surface area contributed by atoms with Crippen LogP contribution in [0.5, 0.6) is 0 Å². The van der Waals surface area contributed by atoms with Crippen molar-refractivity contribution in [3.63, 3.8) is 0 Å². The van der Waals surface area contributed by atoms with Crippen molar-refractivity contribution in [3.8, 4) is 0 Å². The van der Waals surface area contributed by atoms with E-state index in [1.54, 1.807) is 0 Å². The summed E-state index contributed by atoms with van der Waals surface area (Å²) in [7, 11) is 0. The molecular formula is C18H29NS. The van der Waals surface area contributed by atoms with Crippen molar-refractivity contribution in [2.45, 2.75) is 75.6 Å². The van der Waals surface area contributed by atoms with Gasteiger partial charge in [0.2, 0.25) is 0 Å². The third kappa shape index (κ3) is 4.82. The smallest absolute Gasteiger partial charge is 0.0208 e. The highest BCUT2D eigenvalue weighted by molar-refractivity contribution is 8.00. The van der Waals surface area contributed by atoms with Gasteiger partial charge in [-0.25, -0.2) is 0 Å². The molecule has 0 saturated heterocycles. The maximum absolute atomic E-state index is 3.50. The fourth-order valence-corrected chi connectivity index (χ4v) is 4.55. The summed E-state index contributed by atoms with van der Waals surface area (Å²) in [5.41, 5.74) is 1.41. The van der Waals surface area contributed by atoms with Crippen molar-refractivity contribution < 1.29 is 0 Å². The minimum absolute atomic E-state index is 0.550. The molecule has 1 nitrogen and oxygen atoms in total. The van der Waals surface area contributed by atoms with Crippen molar-refractivity contribution in [1.82, 2.24) is 5.32 Å². The Morgan fingerprint density at radius 1 is 1.25 bits per heavy atom. The molecule has 0 heterocycles. The number of hydrogen-bond acceptors (Lipinski definition) is 2. The van der Waals surface area contributed by atoms with Gasteiger partial charge in [0.1, 0.15) is 0 Å². The molecule has 2 rings (SSSR count). The van der Waals surface area contributed by atoms with E-state index in [0.717, 1.165) is 17.7 Å². The summed E-state index contributed by atoms with van der Waals surface area (Å²) in [6, 6.07) is 9.65. The Balaban J connectivity index is 1.96. The zero-order chi connectivity index (χ0) is 14.4. The molecule has 1 aliphatic rings. The van der Waals surface area contributed by atoms with E-state index >= 15 is 0 Å². The lowest BCUT2D eigenvalue weighted by Gasteiger charge is -2.30. The fourth-order valence-electron chi connectivity index (χ4n) is 3.02. The van der Waals surface area contributed by atoms with Crippen LogP contribution < -0.4 is 5.32 Å². The van der Waals surface area contributed by atoms with Crippen LogP contribution in [-0.4, -0.2) is 11.3 Å². The number of hydrogen-bond donors (Lipinski definition) is 1. The van der Waals surface area contributed by atoms with Crippen molar-refractivity contribution in [1.29, 1.82) is 0 Å². The fraction of sp³-hybridized carbons (Fsp3) is 0.667. The zero-order valence-electron chi connectivity index (χ0n) is 13.2. The van der Waals surface area contributed by atoms with Crippen molar-refractivity contribution in [2.24, 2.45) is 5.92 Å². The van der Waals surface area contributed by atoms with Gasteiger partial charge < -0.3 is 5.32 Å². The molecule has 2 atom stereocenters. The molecule has 1 aromatic rings. The van der Waals surface area contributed by atoms with Gasteiger partial charge in [0, 0.05) is 22.7 Å². The second kappa shape index (κ2) is 8.09. The van der Waals surface area contributed by atoms with E-state index in [1.807, 2.05) is 0 Å². The quantitative estimate of drug-likeness (QED) is 0.768. The van der Waals surface area contributed by atoms with Gasteiger partial charge in [0.05, 0.1) is 0 Å². The molecule has 1 aliphatic carbocycles. The first-order chi connectivity index (χ1) is 9.69. The van der Waals surface area contributed by atoms with E-state index < -0.39 is 0 Å². The number of benzene rings is 1. The van der Waals surface area contributed by atoms with E-state index in [2.05, 4.69) is 62.1 Å². The average Bonchev–Trinajstić information content (AvgIpc) is 2.46. The predicted molar refractivity (Wildman–Crippen MR) is 90.3 cm³/mol. The maximum Gasteiger partial charge on any atom is 0.0208 e. The molecule has 0 aliphatic heterocycles. The van der Waals surface area contributed by atoms with E-state index in [-0.39, 0.29) is 0 Å². The first-order valence-corrected chi connectivity index (χ1v) is 9.06. The van der Waals surface area contributed by atoms with E-state index in [1.165, 1.54) is 42.6 Å². The Bertz CT molecular complexity index is 402. The highest BCUT2D eigenvalue weighted by Crippen LogP contribution is 2.39. The molecular weight excluding hydrogens is 262 g/mol. The molecule has 1 fully saturated rings. The lowest BCUT2D eigenvalue weighted by molar-refractivity contribution is 0.361. The van der Waals surface area contributed by atoms with Crippen LogP contribution in [0, 0.1) is 5.92 Å². The van der Waals surface area contributed by atoms with Crippen molar-refractivity contribution in [3.05, 3.63) is 29.8 Å². The van der Waals surface area contributed by atoms with Gasteiger partial charge in [-0.2, -0.15) is 0 Å². The summed E-state index contributed by atoms with van der Waals surface area (Å²) in [5.74, 6) is 0.922. The topological polar surface area (TPSA) is 12.0 Å². The van der Waals surface area contributed by atoms with Crippen molar-refractivity contribution in [2.75, 3.05) is 0 Å². The van der Waals surface area contributed by atoms with Crippen LogP contribution in [0.2, 0.25) is 0 Å². The van der Waals surface area contributed by atoms with Crippen LogP contribution in [0.4, 0.5) is 0 Å². The Morgan fingerprint density at radius 3 is 2.80 bits per heavy atom. The largest absolute Gasteiger partial charge is 0.310 e. The van der Waals surface area contributed by atoms with Gasteiger partial charge in [-0.1, -0.05) is 52.2 Å². The highest BCUT2D eigenvalue weighted by Gasteiger charge is 2.24. The van der Waals surface area contributed by atoms with Gasteiger partial charge in [-0.3, -0.25) is 0 Å². The molecule has 20 heavy (non-hydrogen) atoms. The van der Waals surface area contributed by atoms with Crippen LogP contribution in [0.1, 0.15) is 58.4 Å². The number of nitrogens with one attached hydrogen (secondary N) is 1. The first kappa shape index (κ1) is 15.9. The second-order valence-corrected chi connectivity index (χ2v) is 7.60. The molecule has 1 aromatic carbocycles. The van der Waals surface area contributed by atoms with Crippen LogP contribution in [0.3, 0.4) is 0 Å². The minimum Gasteiger partial charge on any atom is -0.310 e.